The quantitative estimate of drug-likeness (QED) is 0.399. The standard InChI is InChI=1S/C28H23NO4S/c1-33-28(32)22-18-12-6-7-13-19(18)34-27(22)29-25(30)23-20-14-8-2-3-9-15(14)21(24(23)26(29)31)17-11-5-4-10-16(17)20/h2-5,8-11,20-21,23-24H,6-7,12-13H2,1H3/t20?,21?,23-,24-/m0/s1. The molecule has 1 fully saturated rings. The van der Waals surface area contributed by atoms with Gasteiger partial charge >= 0.3 is 5.97 Å². The average Bonchev–Trinajstić information content (AvgIpc) is 3.38. The van der Waals surface area contributed by atoms with Crippen molar-refractivity contribution < 1.29 is 19.1 Å². The van der Waals surface area contributed by atoms with Gasteiger partial charge in [0.25, 0.3) is 0 Å². The van der Waals surface area contributed by atoms with Gasteiger partial charge in [0.05, 0.1) is 24.5 Å². The maximum absolute atomic E-state index is 14.1. The molecule has 4 aliphatic carbocycles. The SMILES string of the molecule is COC(=O)c1c(N2C(=O)[C@H]3C4c5ccccc5C(c5ccccc54)[C@@H]3C2=O)sc2c1CCCC2. The zero-order valence-electron chi connectivity index (χ0n) is 18.7. The van der Waals surface area contributed by atoms with Crippen molar-refractivity contribution in [2.24, 2.45) is 11.8 Å². The smallest absolute Gasteiger partial charge is 0.341 e. The minimum atomic E-state index is -0.459. The zero-order valence-corrected chi connectivity index (χ0v) is 19.6. The molecule has 2 bridgehead atoms. The molecule has 0 spiro atoms. The zero-order chi connectivity index (χ0) is 23.1. The van der Waals surface area contributed by atoms with E-state index in [9.17, 15) is 14.4 Å². The molecular weight excluding hydrogens is 446 g/mol. The Bertz CT molecular complexity index is 1290. The summed E-state index contributed by atoms with van der Waals surface area (Å²) in [5.41, 5.74) is 5.97. The number of imide groups is 1. The van der Waals surface area contributed by atoms with Crippen molar-refractivity contribution in [3.8, 4) is 0 Å². The summed E-state index contributed by atoms with van der Waals surface area (Å²) in [6, 6.07) is 16.5. The van der Waals surface area contributed by atoms with Gasteiger partial charge in [0.1, 0.15) is 5.00 Å². The summed E-state index contributed by atoms with van der Waals surface area (Å²) >= 11 is 1.43. The Balaban J connectivity index is 1.42. The van der Waals surface area contributed by atoms with Crippen molar-refractivity contribution in [2.75, 3.05) is 12.0 Å². The Labute approximate surface area is 201 Å². The number of nitrogens with zero attached hydrogens (tertiary/aromatic N) is 1. The molecular formula is C28H23NO4S. The normalized spacial score (nSPS) is 26.1. The van der Waals surface area contributed by atoms with Gasteiger partial charge in [0.2, 0.25) is 11.8 Å². The molecule has 2 amide bonds. The second-order valence-electron chi connectivity index (χ2n) is 9.66. The molecule has 170 valence electrons. The molecule has 5 nitrogen and oxygen atoms in total. The number of amides is 2. The van der Waals surface area contributed by atoms with Gasteiger partial charge in [-0.1, -0.05) is 48.5 Å². The molecule has 0 N–H and O–H groups in total. The molecule has 2 aromatic carbocycles. The highest BCUT2D eigenvalue weighted by Gasteiger charge is 2.62. The first-order valence-electron chi connectivity index (χ1n) is 11.9. The van der Waals surface area contributed by atoms with Crippen LogP contribution in [0.3, 0.4) is 0 Å². The lowest BCUT2D eigenvalue weighted by atomic mass is 9.55. The fourth-order valence-corrected chi connectivity index (χ4v) is 8.29. The van der Waals surface area contributed by atoms with Gasteiger partial charge < -0.3 is 4.74 Å². The molecule has 34 heavy (non-hydrogen) atoms. The van der Waals surface area contributed by atoms with E-state index in [1.807, 2.05) is 24.3 Å². The van der Waals surface area contributed by atoms with Gasteiger partial charge in [0.15, 0.2) is 0 Å². The number of esters is 1. The van der Waals surface area contributed by atoms with Crippen LogP contribution >= 0.6 is 11.3 Å². The number of rotatable bonds is 2. The van der Waals surface area contributed by atoms with E-state index in [0.29, 0.717) is 10.6 Å². The number of carbonyl (C=O) groups is 3. The number of hydrogen-bond donors (Lipinski definition) is 0. The van der Waals surface area contributed by atoms with E-state index in [0.717, 1.165) is 58.4 Å². The molecule has 6 heteroatoms. The van der Waals surface area contributed by atoms with Gasteiger partial charge in [-0.3, -0.25) is 9.59 Å². The largest absolute Gasteiger partial charge is 0.465 e. The molecule has 2 atom stereocenters. The third-order valence-electron chi connectivity index (χ3n) is 8.19. The van der Waals surface area contributed by atoms with E-state index in [1.54, 1.807) is 0 Å². The molecule has 0 unspecified atom stereocenters. The second-order valence-corrected chi connectivity index (χ2v) is 10.7. The van der Waals surface area contributed by atoms with E-state index in [4.69, 9.17) is 4.74 Å². The summed E-state index contributed by atoms with van der Waals surface area (Å²) in [4.78, 5) is 43.5. The van der Waals surface area contributed by atoms with E-state index >= 15 is 0 Å². The van der Waals surface area contributed by atoms with E-state index in [2.05, 4.69) is 24.3 Å². The van der Waals surface area contributed by atoms with Gasteiger partial charge in [-0.15, -0.1) is 11.3 Å². The molecule has 1 aliphatic heterocycles. The Kier molecular flexibility index (Phi) is 4.22. The predicted octanol–water partition coefficient (Wildman–Crippen LogP) is 4.81. The molecule has 0 radical (unpaired) electrons. The number of hydrogen-bond acceptors (Lipinski definition) is 5. The van der Waals surface area contributed by atoms with Crippen molar-refractivity contribution in [3.05, 3.63) is 86.8 Å². The van der Waals surface area contributed by atoms with Crippen LogP contribution in [0.4, 0.5) is 5.00 Å². The molecule has 2 heterocycles. The van der Waals surface area contributed by atoms with Crippen LogP contribution in [0.1, 0.15) is 67.7 Å². The van der Waals surface area contributed by atoms with E-state index in [1.165, 1.54) is 23.3 Å². The maximum atomic E-state index is 14.1. The van der Waals surface area contributed by atoms with Gasteiger partial charge in [-0.25, -0.2) is 9.69 Å². The van der Waals surface area contributed by atoms with Crippen LogP contribution in [0.25, 0.3) is 0 Å². The summed E-state index contributed by atoms with van der Waals surface area (Å²) in [5, 5.41) is 0.468. The molecule has 5 aliphatic rings. The van der Waals surface area contributed by atoms with E-state index < -0.39 is 17.8 Å². The summed E-state index contributed by atoms with van der Waals surface area (Å²) in [6.07, 6.45) is 3.70. The summed E-state index contributed by atoms with van der Waals surface area (Å²) < 4.78 is 5.12. The number of aryl methyl sites for hydroxylation is 1. The fourth-order valence-electron chi connectivity index (χ4n) is 6.90. The first-order valence-corrected chi connectivity index (χ1v) is 12.7. The van der Waals surface area contributed by atoms with Crippen molar-refractivity contribution in [3.63, 3.8) is 0 Å². The highest BCUT2D eigenvalue weighted by molar-refractivity contribution is 7.17. The Morgan fingerprint density at radius 2 is 1.35 bits per heavy atom. The highest BCUT2D eigenvalue weighted by Crippen LogP contribution is 2.62. The van der Waals surface area contributed by atoms with Crippen LogP contribution in [0.5, 0.6) is 0 Å². The summed E-state index contributed by atoms with van der Waals surface area (Å²) in [7, 11) is 1.36. The second kappa shape index (κ2) is 7.12. The molecule has 0 saturated carbocycles. The number of methoxy groups -OCH3 is 1. The van der Waals surface area contributed by atoms with Crippen molar-refractivity contribution in [1.82, 2.24) is 0 Å². The number of fused-ring (bicyclic) bond motifs is 1. The third kappa shape index (κ3) is 2.41. The van der Waals surface area contributed by atoms with Crippen molar-refractivity contribution in [2.45, 2.75) is 37.5 Å². The number of ether oxygens (including phenoxy) is 1. The molecule has 1 saturated heterocycles. The minimum Gasteiger partial charge on any atom is -0.465 e. The van der Waals surface area contributed by atoms with Crippen LogP contribution in [0.2, 0.25) is 0 Å². The van der Waals surface area contributed by atoms with Gasteiger partial charge in [-0.2, -0.15) is 0 Å². The minimum absolute atomic E-state index is 0.153. The van der Waals surface area contributed by atoms with Gasteiger partial charge in [0, 0.05) is 16.7 Å². The van der Waals surface area contributed by atoms with Crippen LogP contribution in [0, 0.1) is 11.8 Å². The Hall–Kier alpha value is -3.25. The van der Waals surface area contributed by atoms with E-state index in [-0.39, 0.29) is 23.7 Å². The maximum Gasteiger partial charge on any atom is 0.341 e. The average molecular weight is 470 g/mol. The number of anilines is 1. The number of thiophene rings is 1. The molecule has 8 rings (SSSR count). The van der Waals surface area contributed by atoms with Crippen LogP contribution in [0.15, 0.2) is 48.5 Å². The predicted molar refractivity (Wildman–Crippen MR) is 128 cm³/mol. The first kappa shape index (κ1) is 20.2. The number of benzene rings is 2. The highest BCUT2D eigenvalue weighted by atomic mass is 32.1. The topological polar surface area (TPSA) is 63.7 Å². The van der Waals surface area contributed by atoms with Gasteiger partial charge in [-0.05, 0) is 53.5 Å². The van der Waals surface area contributed by atoms with Crippen LogP contribution < -0.4 is 4.90 Å². The lowest BCUT2D eigenvalue weighted by Gasteiger charge is -2.45. The molecule has 1 aromatic heterocycles. The fraction of sp³-hybridized carbons (Fsp3) is 0.321. The molecule has 3 aromatic rings. The summed E-state index contributed by atoms with van der Waals surface area (Å²) in [5.74, 6) is -2.03. The number of carbonyl (C=O) groups excluding carboxylic acids is 3. The Morgan fingerprint density at radius 3 is 1.85 bits per heavy atom. The van der Waals surface area contributed by atoms with Crippen LogP contribution in [-0.2, 0) is 27.2 Å². The summed E-state index contributed by atoms with van der Waals surface area (Å²) in [6.45, 7) is 0. The van der Waals surface area contributed by atoms with Crippen LogP contribution in [-0.4, -0.2) is 24.9 Å². The first-order chi connectivity index (χ1) is 16.6. The van der Waals surface area contributed by atoms with Crippen molar-refractivity contribution in [1.29, 1.82) is 0 Å². The monoisotopic (exact) mass is 469 g/mol. The third-order valence-corrected chi connectivity index (χ3v) is 9.47. The lowest BCUT2D eigenvalue weighted by molar-refractivity contribution is -0.122. The Morgan fingerprint density at radius 1 is 0.853 bits per heavy atom. The lowest BCUT2D eigenvalue weighted by Crippen LogP contribution is -2.41. The van der Waals surface area contributed by atoms with Crippen molar-refractivity contribution >= 4 is 34.1 Å².